The van der Waals surface area contributed by atoms with E-state index in [9.17, 15) is 4.79 Å². The van der Waals surface area contributed by atoms with E-state index in [2.05, 4.69) is 32.5 Å². The molecule has 2 heterocycles. The fourth-order valence-corrected chi connectivity index (χ4v) is 1.57. The first-order valence-corrected chi connectivity index (χ1v) is 6.52. The molecule has 2 aromatic rings. The van der Waals surface area contributed by atoms with Crippen LogP contribution in [-0.2, 0) is 6.54 Å². The standard InChI is InChI=1S/C14H17N5O/c1-2-5-16-13-10-17-12(9-18-13)14(20)19-8-11-4-3-6-15-7-11/h3-4,6-7,9-10H,2,5,8H2,1H3,(H,16,18)(H,19,20). The van der Waals surface area contributed by atoms with Crippen LogP contribution in [0.15, 0.2) is 36.9 Å². The van der Waals surface area contributed by atoms with Gasteiger partial charge in [0.05, 0.1) is 12.4 Å². The summed E-state index contributed by atoms with van der Waals surface area (Å²) >= 11 is 0. The number of hydrogen-bond donors (Lipinski definition) is 2. The van der Waals surface area contributed by atoms with Crippen LogP contribution in [0.2, 0.25) is 0 Å². The van der Waals surface area contributed by atoms with Crippen LogP contribution in [0.25, 0.3) is 0 Å². The van der Waals surface area contributed by atoms with Crippen molar-refractivity contribution in [2.24, 2.45) is 0 Å². The van der Waals surface area contributed by atoms with Crippen LogP contribution in [0.4, 0.5) is 5.82 Å². The van der Waals surface area contributed by atoms with Crippen molar-refractivity contribution in [3.63, 3.8) is 0 Å². The van der Waals surface area contributed by atoms with Crippen molar-refractivity contribution in [3.8, 4) is 0 Å². The molecule has 0 aliphatic rings. The molecular formula is C14H17N5O. The summed E-state index contributed by atoms with van der Waals surface area (Å²) in [7, 11) is 0. The van der Waals surface area contributed by atoms with Crippen LogP contribution < -0.4 is 10.6 Å². The zero-order valence-corrected chi connectivity index (χ0v) is 11.3. The Hall–Kier alpha value is -2.50. The summed E-state index contributed by atoms with van der Waals surface area (Å²) in [5.41, 5.74) is 1.24. The van der Waals surface area contributed by atoms with Gasteiger partial charge in [-0.1, -0.05) is 13.0 Å². The molecule has 0 atom stereocenters. The summed E-state index contributed by atoms with van der Waals surface area (Å²) in [5.74, 6) is 0.430. The molecule has 0 spiro atoms. The fraction of sp³-hybridized carbons (Fsp3) is 0.286. The molecule has 104 valence electrons. The zero-order chi connectivity index (χ0) is 14.2. The van der Waals surface area contributed by atoms with Crippen molar-refractivity contribution in [2.45, 2.75) is 19.9 Å². The number of anilines is 1. The third-order valence-electron chi connectivity index (χ3n) is 2.62. The Kier molecular flexibility index (Phi) is 5.00. The monoisotopic (exact) mass is 271 g/mol. The molecule has 0 radical (unpaired) electrons. The summed E-state index contributed by atoms with van der Waals surface area (Å²) < 4.78 is 0. The molecule has 20 heavy (non-hydrogen) atoms. The summed E-state index contributed by atoms with van der Waals surface area (Å²) in [6.45, 7) is 3.33. The van der Waals surface area contributed by atoms with E-state index < -0.39 is 0 Å². The molecule has 0 saturated heterocycles. The maximum atomic E-state index is 11.9. The lowest BCUT2D eigenvalue weighted by molar-refractivity contribution is 0.0945. The third-order valence-corrected chi connectivity index (χ3v) is 2.62. The van der Waals surface area contributed by atoms with Crippen molar-refractivity contribution in [2.75, 3.05) is 11.9 Å². The third kappa shape index (κ3) is 4.01. The first-order chi connectivity index (χ1) is 9.79. The molecular weight excluding hydrogens is 254 g/mol. The molecule has 0 fully saturated rings. The van der Waals surface area contributed by atoms with Crippen LogP contribution in [0, 0.1) is 0 Å². The molecule has 6 heteroatoms. The summed E-state index contributed by atoms with van der Waals surface area (Å²) in [6.07, 6.45) is 7.45. The normalized spacial score (nSPS) is 10.1. The van der Waals surface area contributed by atoms with Gasteiger partial charge >= 0.3 is 0 Å². The van der Waals surface area contributed by atoms with Gasteiger partial charge < -0.3 is 10.6 Å². The summed E-state index contributed by atoms with van der Waals surface area (Å²) in [5, 5.41) is 5.88. The van der Waals surface area contributed by atoms with Gasteiger partial charge in [-0.05, 0) is 18.1 Å². The molecule has 0 aliphatic heterocycles. The van der Waals surface area contributed by atoms with Crippen molar-refractivity contribution in [3.05, 3.63) is 48.2 Å². The molecule has 2 rings (SSSR count). The molecule has 0 aromatic carbocycles. The lowest BCUT2D eigenvalue weighted by atomic mass is 10.3. The van der Waals surface area contributed by atoms with Crippen molar-refractivity contribution < 1.29 is 4.79 Å². The number of carbonyl (C=O) groups excluding carboxylic acids is 1. The minimum absolute atomic E-state index is 0.247. The van der Waals surface area contributed by atoms with Gasteiger partial charge in [0.25, 0.3) is 5.91 Å². The van der Waals surface area contributed by atoms with Gasteiger partial charge in [-0.15, -0.1) is 0 Å². The second-order valence-corrected chi connectivity index (χ2v) is 4.26. The molecule has 0 aliphatic carbocycles. The highest BCUT2D eigenvalue weighted by Gasteiger charge is 2.07. The minimum Gasteiger partial charge on any atom is -0.369 e. The molecule has 1 amide bonds. The predicted octanol–water partition coefficient (Wildman–Crippen LogP) is 1.62. The van der Waals surface area contributed by atoms with Crippen LogP contribution >= 0.6 is 0 Å². The Morgan fingerprint density at radius 3 is 2.80 bits per heavy atom. The Balaban J connectivity index is 1.89. The Morgan fingerprint density at radius 2 is 2.15 bits per heavy atom. The van der Waals surface area contributed by atoms with Crippen LogP contribution in [-0.4, -0.2) is 27.4 Å². The predicted molar refractivity (Wildman–Crippen MR) is 76.2 cm³/mol. The Bertz CT molecular complexity index is 541. The van der Waals surface area contributed by atoms with Crippen LogP contribution in [0.1, 0.15) is 29.4 Å². The minimum atomic E-state index is -0.247. The molecule has 2 N–H and O–H groups in total. The molecule has 6 nitrogen and oxygen atoms in total. The second-order valence-electron chi connectivity index (χ2n) is 4.26. The highest BCUT2D eigenvalue weighted by molar-refractivity contribution is 5.91. The quantitative estimate of drug-likeness (QED) is 0.834. The number of rotatable bonds is 6. The Morgan fingerprint density at radius 1 is 1.25 bits per heavy atom. The number of hydrogen-bond acceptors (Lipinski definition) is 5. The highest BCUT2D eigenvalue weighted by atomic mass is 16.1. The number of carbonyl (C=O) groups is 1. The van der Waals surface area contributed by atoms with E-state index in [-0.39, 0.29) is 5.91 Å². The van der Waals surface area contributed by atoms with Gasteiger partial charge in [0, 0.05) is 25.5 Å². The van der Waals surface area contributed by atoms with E-state index in [0.717, 1.165) is 18.5 Å². The van der Waals surface area contributed by atoms with E-state index in [1.807, 2.05) is 12.1 Å². The number of amides is 1. The lowest BCUT2D eigenvalue weighted by Crippen LogP contribution is -2.24. The smallest absolute Gasteiger partial charge is 0.271 e. The first-order valence-electron chi connectivity index (χ1n) is 6.52. The summed E-state index contributed by atoms with van der Waals surface area (Å²) in [4.78, 5) is 24.1. The molecule has 0 bridgehead atoms. The largest absolute Gasteiger partial charge is 0.369 e. The molecule has 2 aromatic heterocycles. The van der Waals surface area contributed by atoms with Gasteiger partial charge in [0.15, 0.2) is 0 Å². The number of aromatic nitrogens is 3. The van der Waals surface area contributed by atoms with Gasteiger partial charge in [-0.3, -0.25) is 9.78 Å². The molecule has 0 unspecified atom stereocenters. The van der Waals surface area contributed by atoms with Crippen molar-refractivity contribution >= 4 is 11.7 Å². The number of nitrogens with zero attached hydrogens (tertiary/aromatic N) is 3. The van der Waals surface area contributed by atoms with Crippen molar-refractivity contribution in [1.29, 1.82) is 0 Å². The van der Waals surface area contributed by atoms with E-state index in [4.69, 9.17) is 0 Å². The van der Waals surface area contributed by atoms with Gasteiger partial charge in [0.2, 0.25) is 0 Å². The van der Waals surface area contributed by atoms with Gasteiger partial charge in [-0.25, -0.2) is 9.97 Å². The topological polar surface area (TPSA) is 79.8 Å². The number of nitrogens with one attached hydrogen (secondary N) is 2. The maximum absolute atomic E-state index is 11.9. The van der Waals surface area contributed by atoms with E-state index in [0.29, 0.717) is 18.1 Å². The zero-order valence-electron chi connectivity index (χ0n) is 11.3. The van der Waals surface area contributed by atoms with E-state index >= 15 is 0 Å². The number of pyridine rings is 1. The SMILES string of the molecule is CCCNc1cnc(C(=O)NCc2cccnc2)cn1. The van der Waals surface area contributed by atoms with Gasteiger partial charge in [-0.2, -0.15) is 0 Å². The van der Waals surface area contributed by atoms with Crippen molar-refractivity contribution in [1.82, 2.24) is 20.3 Å². The second kappa shape index (κ2) is 7.18. The molecule has 0 saturated carbocycles. The van der Waals surface area contributed by atoms with E-state index in [1.54, 1.807) is 18.6 Å². The van der Waals surface area contributed by atoms with E-state index in [1.165, 1.54) is 6.20 Å². The summed E-state index contributed by atoms with van der Waals surface area (Å²) in [6, 6.07) is 3.73. The highest BCUT2D eigenvalue weighted by Crippen LogP contribution is 2.02. The lowest BCUT2D eigenvalue weighted by Gasteiger charge is -2.06. The maximum Gasteiger partial charge on any atom is 0.271 e. The Labute approximate surface area is 117 Å². The average molecular weight is 271 g/mol. The van der Waals surface area contributed by atoms with Gasteiger partial charge in [0.1, 0.15) is 11.5 Å². The van der Waals surface area contributed by atoms with Crippen LogP contribution in [0.3, 0.4) is 0 Å². The average Bonchev–Trinajstić information content (AvgIpc) is 2.52. The fourth-order valence-electron chi connectivity index (χ4n) is 1.57. The van der Waals surface area contributed by atoms with Crippen LogP contribution in [0.5, 0.6) is 0 Å². The first kappa shape index (κ1) is 13.9.